The van der Waals surface area contributed by atoms with Gasteiger partial charge in [-0.2, -0.15) is 4.39 Å². The van der Waals surface area contributed by atoms with Crippen LogP contribution in [-0.4, -0.2) is 53.9 Å². The van der Waals surface area contributed by atoms with Crippen molar-refractivity contribution in [3.05, 3.63) is 39.4 Å². The van der Waals surface area contributed by atoms with Crippen molar-refractivity contribution in [3.8, 4) is 0 Å². The van der Waals surface area contributed by atoms with Crippen LogP contribution in [0, 0.1) is 21.7 Å². The van der Waals surface area contributed by atoms with E-state index in [1.165, 1.54) is 4.90 Å². The number of amides is 1. The van der Waals surface area contributed by atoms with Gasteiger partial charge < -0.3 is 9.80 Å². The van der Waals surface area contributed by atoms with Gasteiger partial charge in [0, 0.05) is 25.7 Å². The Labute approximate surface area is 120 Å². The fraction of sp³-hybridized carbons (Fsp3) is 0.462. The van der Waals surface area contributed by atoms with Gasteiger partial charge in [-0.3, -0.25) is 14.9 Å². The Hall–Kier alpha value is -2.09. The highest BCUT2D eigenvalue weighted by Crippen LogP contribution is 2.24. The molecule has 1 saturated heterocycles. The van der Waals surface area contributed by atoms with Crippen molar-refractivity contribution in [2.24, 2.45) is 0 Å². The third-order valence-electron chi connectivity index (χ3n) is 3.49. The maximum absolute atomic E-state index is 14.0. The lowest BCUT2D eigenvalue weighted by molar-refractivity contribution is -0.387. The molecule has 0 atom stereocenters. The van der Waals surface area contributed by atoms with Crippen molar-refractivity contribution in [2.75, 3.05) is 33.2 Å². The smallest absolute Gasteiger partial charge is 0.305 e. The zero-order valence-electron chi connectivity index (χ0n) is 11.5. The predicted octanol–water partition coefficient (Wildman–Crippen LogP) is 1.65. The van der Waals surface area contributed by atoms with Crippen LogP contribution in [0.2, 0.25) is 0 Å². The van der Waals surface area contributed by atoms with Crippen molar-refractivity contribution < 1.29 is 18.5 Å². The van der Waals surface area contributed by atoms with Crippen LogP contribution in [0.4, 0.5) is 14.5 Å². The maximum Gasteiger partial charge on any atom is 0.305 e. The van der Waals surface area contributed by atoms with Gasteiger partial charge in [0.2, 0.25) is 5.82 Å². The summed E-state index contributed by atoms with van der Waals surface area (Å²) in [6, 6.07) is 1.47. The van der Waals surface area contributed by atoms with Crippen molar-refractivity contribution in [1.82, 2.24) is 9.80 Å². The average molecular weight is 299 g/mol. The molecule has 21 heavy (non-hydrogen) atoms. The molecule has 8 heteroatoms. The third-order valence-corrected chi connectivity index (χ3v) is 3.49. The van der Waals surface area contributed by atoms with Gasteiger partial charge in [-0.15, -0.1) is 0 Å². The summed E-state index contributed by atoms with van der Waals surface area (Å²) >= 11 is 0. The summed E-state index contributed by atoms with van der Waals surface area (Å²) in [5, 5.41) is 10.7. The van der Waals surface area contributed by atoms with Gasteiger partial charge >= 0.3 is 5.69 Å². The molecule has 0 spiro atoms. The second-order valence-corrected chi connectivity index (χ2v) is 4.96. The molecule has 0 radical (unpaired) electrons. The number of likely N-dealkylation sites (N-methyl/N-ethyl adjacent to an activating group) is 1. The summed E-state index contributed by atoms with van der Waals surface area (Å²) in [4.78, 5) is 25.3. The minimum Gasteiger partial charge on any atom is -0.337 e. The molecule has 1 aliphatic heterocycles. The Morgan fingerprint density at radius 2 is 1.95 bits per heavy atom. The lowest BCUT2D eigenvalue weighted by atomic mass is 10.1. The normalized spacial score (nSPS) is 16.6. The van der Waals surface area contributed by atoms with Crippen LogP contribution in [0.1, 0.15) is 16.8 Å². The molecular formula is C13H15F2N3O3. The van der Waals surface area contributed by atoms with Crippen LogP contribution in [0.25, 0.3) is 0 Å². The molecule has 114 valence electrons. The number of benzene rings is 1. The fourth-order valence-electron chi connectivity index (χ4n) is 2.29. The van der Waals surface area contributed by atoms with Crippen molar-refractivity contribution >= 4 is 11.6 Å². The quantitative estimate of drug-likeness (QED) is 0.615. The molecule has 1 heterocycles. The number of rotatable bonds is 2. The molecular weight excluding hydrogens is 284 g/mol. The molecule has 1 aliphatic rings. The largest absolute Gasteiger partial charge is 0.337 e. The Morgan fingerprint density at radius 3 is 2.62 bits per heavy atom. The van der Waals surface area contributed by atoms with E-state index in [0.717, 1.165) is 18.7 Å². The molecule has 1 fully saturated rings. The lowest BCUT2D eigenvalue weighted by Gasteiger charge is -2.21. The molecule has 0 unspecified atom stereocenters. The van der Waals surface area contributed by atoms with E-state index in [9.17, 15) is 23.7 Å². The highest BCUT2D eigenvalue weighted by molar-refractivity contribution is 5.95. The van der Waals surface area contributed by atoms with Gasteiger partial charge in [0.25, 0.3) is 5.91 Å². The summed E-state index contributed by atoms with van der Waals surface area (Å²) in [5.74, 6) is -3.34. The zero-order valence-corrected chi connectivity index (χ0v) is 11.5. The molecule has 1 amide bonds. The number of carbonyl (C=O) groups is 1. The van der Waals surface area contributed by atoms with Gasteiger partial charge in [0.15, 0.2) is 0 Å². The molecule has 0 saturated carbocycles. The highest BCUT2D eigenvalue weighted by Gasteiger charge is 2.29. The van der Waals surface area contributed by atoms with Crippen LogP contribution in [0.15, 0.2) is 12.1 Å². The van der Waals surface area contributed by atoms with E-state index in [2.05, 4.69) is 0 Å². The number of halogens is 2. The molecule has 0 bridgehead atoms. The highest BCUT2D eigenvalue weighted by atomic mass is 19.1. The minimum absolute atomic E-state index is 0.330. The van der Waals surface area contributed by atoms with Crippen molar-refractivity contribution in [2.45, 2.75) is 6.42 Å². The van der Waals surface area contributed by atoms with E-state index in [0.29, 0.717) is 26.1 Å². The molecule has 0 N–H and O–H groups in total. The number of hydrogen-bond acceptors (Lipinski definition) is 4. The first-order valence-corrected chi connectivity index (χ1v) is 6.52. The van der Waals surface area contributed by atoms with Gasteiger partial charge in [-0.1, -0.05) is 0 Å². The van der Waals surface area contributed by atoms with Crippen LogP contribution in [0.5, 0.6) is 0 Å². The Bertz CT molecular complexity index is 580. The molecule has 0 aliphatic carbocycles. The van der Waals surface area contributed by atoms with Gasteiger partial charge in [-0.05, 0) is 26.1 Å². The second kappa shape index (κ2) is 6.13. The van der Waals surface area contributed by atoms with E-state index in [-0.39, 0.29) is 0 Å². The van der Waals surface area contributed by atoms with E-state index < -0.39 is 33.7 Å². The molecule has 6 nitrogen and oxygen atoms in total. The molecule has 0 aromatic heterocycles. The number of hydrogen-bond donors (Lipinski definition) is 0. The van der Waals surface area contributed by atoms with Crippen molar-refractivity contribution in [3.63, 3.8) is 0 Å². The van der Waals surface area contributed by atoms with Crippen molar-refractivity contribution in [1.29, 1.82) is 0 Å². The lowest BCUT2D eigenvalue weighted by Crippen LogP contribution is -2.35. The molecule has 1 aromatic rings. The Balaban J connectivity index is 2.34. The average Bonchev–Trinajstić information content (AvgIpc) is 2.63. The zero-order chi connectivity index (χ0) is 15.6. The fourth-order valence-corrected chi connectivity index (χ4v) is 2.29. The van der Waals surface area contributed by atoms with Crippen LogP contribution < -0.4 is 0 Å². The first kappa shape index (κ1) is 15.3. The number of nitro benzene ring substituents is 1. The first-order chi connectivity index (χ1) is 9.91. The van der Waals surface area contributed by atoms with Crippen LogP contribution in [-0.2, 0) is 0 Å². The predicted molar refractivity (Wildman–Crippen MR) is 71.0 cm³/mol. The number of carbonyl (C=O) groups excluding carboxylic acids is 1. The topological polar surface area (TPSA) is 66.7 Å². The van der Waals surface area contributed by atoms with E-state index >= 15 is 0 Å². The summed E-state index contributed by atoms with van der Waals surface area (Å²) in [5.41, 5.74) is -1.75. The third kappa shape index (κ3) is 3.15. The molecule has 2 rings (SSSR count). The number of nitrogens with zero attached hydrogens (tertiary/aromatic N) is 3. The van der Waals surface area contributed by atoms with E-state index in [4.69, 9.17) is 0 Å². The monoisotopic (exact) mass is 299 g/mol. The standard InChI is InChI=1S/C13H15F2N3O3/c1-16-5-2-6-17(8-7-16)13(19)11-9(14)3-4-10(12(11)15)18(20)21/h3-4H,2,5-8H2,1H3. The summed E-state index contributed by atoms with van der Waals surface area (Å²) < 4.78 is 27.8. The number of nitro groups is 1. The van der Waals surface area contributed by atoms with E-state index in [1.807, 2.05) is 11.9 Å². The molecule has 1 aromatic carbocycles. The van der Waals surface area contributed by atoms with Gasteiger partial charge in [0.1, 0.15) is 11.4 Å². The summed E-state index contributed by atoms with van der Waals surface area (Å²) in [6.45, 7) is 2.06. The van der Waals surface area contributed by atoms with Gasteiger partial charge in [0.05, 0.1) is 4.92 Å². The van der Waals surface area contributed by atoms with Crippen LogP contribution in [0.3, 0.4) is 0 Å². The second-order valence-electron chi connectivity index (χ2n) is 4.96. The first-order valence-electron chi connectivity index (χ1n) is 6.52. The summed E-state index contributed by atoms with van der Waals surface area (Å²) in [7, 11) is 1.89. The summed E-state index contributed by atoms with van der Waals surface area (Å²) in [6.07, 6.45) is 0.681. The SMILES string of the molecule is CN1CCCN(C(=O)c2c(F)ccc([N+](=O)[O-])c2F)CC1. The Morgan fingerprint density at radius 1 is 1.24 bits per heavy atom. The van der Waals surface area contributed by atoms with Crippen LogP contribution >= 0.6 is 0 Å². The van der Waals surface area contributed by atoms with Gasteiger partial charge in [-0.25, -0.2) is 4.39 Å². The maximum atomic E-state index is 14.0. The minimum atomic E-state index is -1.41. The Kier molecular flexibility index (Phi) is 4.46. The van der Waals surface area contributed by atoms with E-state index in [1.54, 1.807) is 0 Å².